The minimum absolute atomic E-state index is 0. The van der Waals surface area contributed by atoms with Crippen LogP contribution in [-0.2, 0) is 0 Å². The van der Waals surface area contributed by atoms with E-state index in [4.69, 9.17) is 0 Å². The first-order chi connectivity index (χ1) is 3.93. The van der Waals surface area contributed by atoms with Crippen LogP contribution < -0.4 is 116 Å². The fourth-order valence-electron chi connectivity index (χ4n) is 0.645. The summed E-state index contributed by atoms with van der Waals surface area (Å²) in [6, 6.07) is 10.3. The second-order valence-corrected chi connectivity index (χ2v) is 1.70. The van der Waals surface area contributed by atoms with Crippen LogP contribution in [0.1, 0.15) is 12.5 Å². The van der Waals surface area contributed by atoms with Crippen molar-refractivity contribution in [2.75, 3.05) is 0 Å². The molecule has 0 heterocycles. The van der Waals surface area contributed by atoms with Crippen molar-refractivity contribution in [3.8, 4) is 0 Å². The van der Waals surface area contributed by atoms with Crippen LogP contribution in [0, 0.1) is 6.42 Å². The van der Waals surface area contributed by atoms with Crippen LogP contribution >= 0.6 is 0 Å². The van der Waals surface area contributed by atoms with Gasteiger partial charge in [0.2, 0.25) is 0 Å². The zero-order valence-corrected chi connectivity index (χ0v) is 16.8. The van der Waals surface area contributed by atoms with Gasteiger partial charge in [-0.2, -0.15) is 24.1 Å². The van der Waals surface area contributed by atoms with Crippen molar-refractivity contribution < 1.29 is 116 Å². The van der Waals surface area contributed by atoms with Crippen molar-refractivity contribution >= 4 is 0 Å². The molecule has 0 saturated carbocycles. The third-order valence-electron chi connectivity index (χ3n) is 1.13. The van der Waals surface area contributed by atoms with E-state index in [1.807, 2.05) is 25.1 Å². The number of rotatable bonds is 1. The second kappa shape index (κ2) is 9.79. The molecule has 1 aromatic carbocycles. The molecular weight excluding hydrogens is 267 g/mol. The molecule has 42 valence electrons. The third-order valence-corrected chi connectivity index (χ3v) is 1.13. The Labute approximate surface area is 161 Å². The monoisotopic (exact) mass is 275 g/mol. The van der Waals surface area contributed by atoms with Gasteiger partial charge < -0.3 is 0 Å². The summed E-state index contributed by atoms with van der Waals surface area (Å²) in [5.41, 5.74) is 1.28. The topological polar surface area (TPSA) is 0 Å². The number of benzene rings is 1. The summed E-state index contributed by atoms with van der Waals surface area (Å²) in [6.07, 6.45) is 2.08. The first-order valence-electron chi connectivity index (χ1n) is 2.78. The zero-order chi connectivity index (χ0) is 5.82. The van der Waals surface area contributed by atoms with Gasteiger partial charge >= 0.3 is 116 Å². The first-order valence-corrected chi connectivity index (χ1v) is 2.78. The van der Waals surface area contributed by atoms with Crippen molar-refractivity contribution in [2.45, 2.75) is 6.92 Å². The van der Waals surface area contributed by atoms with E-state index in [0.717, 1.165) is 0 Å². The van der Waals surface area contributed by atoms with Crippen molar-refractivity contribution in [2.24, 2.45) is 0 Å². The van der Waals surface area contributed by atoms with E-state index in [9.17, 15) is 0 Å². The fourth-order valence-corrected chi connectivity index (χ4v) is 0.645. The van der Waals surface area contributed by atoms with Crippen LogP contribution in [0.5, 0.6) is 0 Å². The van der Waals surface area contributed by atoms with Gasteiger partial charge in [0.15, 0.2) is 0 Å². The van der Waals surface area contributed by atoms with E-state index in [1.165, 1.54) is 5.56 Å². The zero-order valence-electron chi connectivity index (χ0n) is 6.96. The van der Waals surface area contributed by atoms with Crippen LogP contribution in [-0.4, -0.2) is 0 Å². The molecule has 0 spiro atoms. The Balaban J connectivity index is 0. The molecule has 0 unspecified atom stereocenters. The Morgan fingerprint density at radius 1 is 1.00 bits per heavy atom. The molecule has 2 heteroatoms. The maximum absolute atomic E-state index is 2.08. The molecule has 0 aromatic heterocycles. The van der Waals surface area contributed by atoms with E-state index < -0.39 is 0 Å². The summed E-state index contributed by atoms with van der Waals surface area (Å²) >= 11 is 0. The van der Waals surface area contributed by atoms with Gasteiger partial charge in [0.25, 0.3) is 0 Å². The van der Waals surface area contributed by atoms with Gasteiger partial charge in [-0.3, -0.25) is 0 Å². The molecule has 0 amide bonds. The van der Waals surface area contributed by atoms with E-state index >= 15 is 0 Å². The molecule has 0 nitrogen and oxygen atoms in total. The molecule has 10 heavy (non-hydrogen) atoms. The quantitative estimate of drug-likeness (QED) is 0.463. The Kier molecular flexibility index (Phi) is 14.9. The molecule has 0 atom stereocenters. The summed E-state index contributed by atoms with van der Waals surface area (Å²) in [4.78, 5) is 0. The minimum atomic E-state index is 0. The van der Waals surface area contributed by atoms with Crippen molar-refractivity contribution in [3.63, 3.8) is 0 Å². The van der Waals surface area contributed by atoms with Gasteiger partial charge in [-0.25, -0.2) is 0 Å². The predicted octanol–water partition coefficient (Wildman–Crippen LogP) is -3.73. The molecule has 0 bridgehead atoms. The summed E-state index contributed by atoms with van der Waals surface area (Å²) in [7, 11) is 0. The average molecular weight is 276 g/mol. The van der Waals surface area contributed by atoms with Crippen LogP contribution in [0.4, 0.5) is 0 Å². The Hall–Kier alpha value is 2.70. The standard InChI is InChI=1S/C8H9.2Rb/c1-2-8-6-4-3-5-7-8;;/h2-7H,1H3;;/q-1;2*+1. The van der Waals surface area contributed by atoms with Gasteiger partial charge in [-0.15, -0.1) is 12.1 Å². The first kappa shape index (κ1) is 15.2. The Morgan fingerprint density at radius 2 is 1.50 bits per heavy atom. The number of hydrogen-bond donors (Lipinski definition) is 0. The van der Waals surface area contributed by atoms with E-state index in [1.54, 1.807) is 0 Å². The van der Waals surface area contributed by atoms with Crippen molar-refractivity contribution in [1.29, 1.82) is 0 Å². The molecule has 1 aromatic rings. The van der Waals surface area contributed by atoms with Gasteiger partial charge in [0, 0.05) is 0 Å². The minimum Gasteiger partial charge on any atom is -0.192 e. The molecule has 1 rings (SSSR count). The SMILES string of the molecule is C[CH-]c1ccccc1.[Rb+].[Rb+]. The van der Waals surface area contributed by atoms with Gasteiger partial charge in [0.05, 0.1) is 0 Å². The summed E-state index contributed by atoms with van der Waals surface area (Å²) in [5.74, 6) is 0. The molecule has 0 aliphatic carbocycles. The molecule has 0 fully saturated rings. The maximum atomic E-state index is 2.08. The normalized spacial score (nSPS) is 6.90. The van der Waals surface area contributed by atoms with Gasteiger partial charge in [-0.05, 0) is 0 Å². The largest absolute Gasteiger partial charge is 1.00 e. The molecule has 0 saturated heterocycles. The van der Waals surface area contributed by atoms with Crippen LogP contribution in [0.3, 0.4) is 0 Å². The second-order valence-electron chi connectivity index (χ2n) is 1.70. The maximum Gasteiger partial charge on any atom is 1.00 e. The molecule has 0 N–H and O–H groups in total. The van der Waals surface area contributed by atoms with Crippen LogP contribution in [0.15, 0.2) is 30.3 Å². The van der Waals surface area contributed by atoms with E-state index in [-0.39, 0.29) is 116 Å². The van der Waals surface area contributed by atoms with Gasteiger partial charge in [0.1, 0.15) is 0 Å². The Morgan fingerprint density at radius 3 is 1.80 bits per heavy atom. The molecule has 0 radical (unpaired) electrons. The third kappa shape index (κ3) is 6.24. The van der Waals surface area contributed by atoms with Crippen LogP contribution in [0.25, 0.3) is 0 Å². The van der Waals surface area contributed by atoms with Crippen molar-refractivity contribution in [3.05, 3.63) is 42.3 Å². The fraction of sp³-hybridized carbons (Fsp3) is 0.125. The van der Waals surface area contributed by atoms with E-state index in [2.05, 4.69) is 18.6 Å². The Bertz CT molecular complexity index is 149. The predicted molar refractivity (Wildman–Crippen MR) is 35.5 cm³/mol. The molecule has 0 aliphatic rings. The van der Waals surface area contributed by atoms with Crippen LogP contribution in [0.2, 0.25) is 0 Å². The van der Waals surface area contributed by atoms with Crippen molar-refractivity contribution in [1.82, 2.24) is 0 Å². The summed E-state index contributed by atoms with van der Waals surface area (Å²) in [5, 5.41) is 0. The average Bonchev–Trinajstić information content (AvgIpc) is 1.90. The molecule has 0 aliphatic heterocycles. The summed E-state index contributed by atoms with van der Waals surface area (Å²) in [6.45, 7) is 2.04. The molecular formula is C8H9Rb2+. The van der Waals surface area contributed by atoms with Gasteiger partial charge in [-0.1, -0.05) is 13.0 Å². The van der Waals surface area contributed by atoms with E-state index in [0.29, 0.717) is 0 Å². The number of hydrogen-bond acceptors (Lipinski definition) is 0. The summed E-state index contributed by atoms with van der Waals surface area (Å²) < 4.78 is 0. The smallest absolute Gasteiger partial charge is 0.192 e.